The third-order valence-electron chi connectivity index (χ3n) is 7.25. The molecule has 10 heteroatoms. The molecule has 0 unspecified atom stereocenters. The minimum atomic E-state index is -1.42. The van der Waals surface area contributed by atoms with Crippen molar-refractivity contribution in [2.24, 2.45) is 5.41 Å². The van der Waals surface area contributed by atoms with E-state index in [1.54, 1.807) is 31.2 Å². The number of allylic oxidation sites excluding steroid dienone is 2. The average Bonchev–Trinajstić information content (AvgIpc) is 2.87. The second-order valence-corrected chi connectivity index (χ2v) is 10.2. The summed E-state index contributed by atoms with van der Waals surface area (Å²) >= 11 is 12.1. The van der Waals surface area contributed by atoms with E-state index in [0.717, 1.165) is 19.3 Å². The molecule has 2 aromatic rings. The van der Waals surface area contributed by atoms with Crippen molar-refractivity contribution in [2.75, 3.05) is 5.32 Å². The number of carboxylic acid groups (broad SMARTS) is 1. The Morgan fingerprint density at radius 3 is 2.25 bits per heavy atom. The number of pyridine rings is 1. The van der Waals surface area contributed by atoms with Crippen LogP contribution >= 0.6 is 23.2 Å². The second kappa shape index (κ2) is 10.1. The zero-order chi connectivity index (χ0) is 26.1. The van der Waals surface area contributed by atoms with E-state index in [1.165, 1.54) is 12.4 Å². The number of carboxylic acids is 1. The molecule has 0 bridgehead atoms. The number of ketones is 1. The van der Waals surface area contributed by atoms with E-state index in [0.29, 0.717) is 29.8 Å². The lowest BCUT2D eigenvalue weighted by molar-refractivity contribution is -0.146. The number of aliphatic hydroxyl groups is 1. The van der Waals surface area contributed by atoms with Crippen molar-refractivity contribution < 1.29 is 24.6 Å². The summed E-state index contributed by atoms with van der Waals surface area (Å²) < 4.78 is 0. The number of nitrogens with zero attached hydrogens (tertiary/aromatic N) is 1. The molecule has 1 aromatic carbocycles. The number of benzene rings is 1. The number of rotatable bonds is 8. The Bertz CT molecular complexity index is 1220. The van der Waals surface area contributed by atoms with Gasteiger partial charge in [0, 0.05) is 24.5 Å². The number of aliphatic hydroxyl groups excluding tert-OH is 1. The van der Waals surface area contributed by atoms with Crippen LogP contribution in [0.3, 0.4) is 0 Å². The lowest BCUT2D eigenvalue weighted by Gasteiger charge is -2.47. The molecule has 190 valence electrons. The van der Waals surface area contributed by atoms with Gasteiger partial charge in [0.05, 0.1) is 26.7 Å². The number of anilines is 1. The summed E-state index contributed by atoms with van der Waals surface area (Å²) in [5.74, 6) is -2.22. The molecular weight excluding hydrogens is 505 g/mol. The first-order valence-electron chi connectivity index (χ1n) is 11.8. The quantitative estimate of drug-likeness (QED) is 0.363. The van der Waals surface area contributed by atoms with E-state index in [1.807, 2.05) is 0 Å². The van der Waals surface area contributed by atoms with Gasteiger partial charge in [0.25, 0.3) is 5.91 Å². The number of nitrogens with one attached hydrogen (secondary N) is 2. The fourth-order valence-electron chi connectivity index (χ4n) is 5.08. The standard InChI is InChI=1S/C26H27Cl2N3O5/c1-2-26(24(35)36,31-21-20(32)22(33)25(21)10-4-3-5-11-25)12-15-6-8-16(9-7-15)30-23(34)19-17(27)13-29-14-18(19)28/h6-9,13-14,31-32H,2-5,10-12H2,1H3,(H,30,34)(H,35,36)/t26-/m0/s1. The van der Waals surface area contributed by atoms with Crippen LogP contribution in [0.1, 0.15) is 61.4 Å². The van der Waals surface area contributed by atoms with Crippen LogP contribution in [0, 0.1) is 5.41 Å². The number of carbonyl (C=O) groups excluding carboxylic acids is 2. The van der Waals surface area contributed by atoms with E-state index in [-0.39, 0.29) is 40.0 Å². The topological polar surface area (TPSA) is 129 Å². The molecule has 1 amide bonds. The molecule has 0 radical (unpaired) electrons. The molecule has 1 fully saturated rings. The van der Waals surface area contributed by atoms with Crippen molar-refractivity contribution in [2.45, 2.75) is 57.4 Å². The number of carbonyl (C=O) groups is 3. The molecule has 1 aromatic heterocycles. The van der Waals surface area contributed by atoms with Crippen molar-refractivity contribution >= 4 is 46.5 Å². The fourth-order valence-corrected chi connectivity index (χ4v) is 5.62. The van der Waals surface area contributed by atoms with Gasteiger partial charge < -0.3 is 20.8 Å². The Morgan fingerprint density at radius 2 is 1.69 bits per heavy atom. The van der Waals surface area contributed by atoms with Gasteiger partial charge in [-0.05, 0) is 37.0 Å². The number of aliphatic carboxylic acids is 1. The minimum Gasteiger partial charge on any atom is -0.503 e. The van der Waals surface area contributed by atoms with Gasteiger partial charge in [-0.2, -0.15) is 0 Å². The van der Waals surface area contributed by atoms with E-state index >= 15 is 0 Å². The second-order valence-electron chi connectivity index (χ2n) is 9.37. The third kappa shape index (κ3) is 4.55. The van der Waals surface area contributed by atoms with Crippen molar-refractivity contribution in [1.82, 2.24) is 10.3 Å². The summed E-state index contributed by atoms with van der Waals surface area (Å²) in [7, 11) is 0. The predicted octanol–water partition coefficient (Wildman–Crippen LogP) is 5.31. The van der Waals surface area contributed by atoms with Crippen LogP contribution in [0.4, 0.5) is 5.69 Å². The monoisotopic (exact) mass is 531 g/mol. The highest BCUT2D eigenvalue weighted by Gasteiger charge is 2.57. The van der Waals surface area contributed by atoms with Crippen molar-refractivity contribution in [1.29, 1.82) is 0 Å². The first kappa shape index (κ1) is 26.0. The lowest BCUT2D eigenvalue weighted by Crippen LogP contribution is -2.60. The van der Waals surface area contributed by atoms with Crippen LogP contribution in [0.25, 0.3) is 0 Å². The SMILES string of the molecule is CC[C@@](Cc1ccc(NC(=O)c2c(Cl)cncc2Cl)cc1)(NC1=C(O)C(=O)C12CCCCC2)C(=O)O. The summed E-state index contributed by atoms with van der Waals surface area (Å²) in [6.07, 6.45) is 6.94. The molecular formula is C26H27Cl2N3O5. The first-order chi connectivity index (χ1) is 17.1. The van der Waals surface area contributed by atoms with Crippen molar-refractivity contribution in [3.05, 3.63) is 69.3 Å². The maximum atomic E-state index is 12.6. The van der Waals surface area contributed by atoms with Crippen LogP contribution in [-0.2, 0) is 16.0 Å². The molecule has 0 saturated heterocycles. The van der Waals surface area contributed by atoms with Gasteiger partial charge in [0.15, 0.2) is 5.76 Å². The Kier molecular flexibility index (Phi) is 7.29. The fraction of sp³-hybridized carbons (Fsp3) is 0.385. The molecule has 4 N–H and O–H groups in total. The molecule has 1 saturated carbocycles. The molecule has 0 aliphatic heterocycles. The number of aromatic nitrogens is 1. The summed E-state index contributed by atoms with van der Waals surface area (Å²) in [5.41, 5.74) is -0.583. The molecule has 36 heavy (non-hydrogen) atoms. The number of Topliss-reactive ketones (excluding diaryl/α,β-unsaturated/α-hetero) is 1. The van der Waals surface area contributed by atoms with Crippen molar-refractivity contribution in [3.8, 4) is 0 Å². The van der Waals surface area contributed by atoms with Gasteiger partial charge >= 0.3 is 5.97 Å². The number of hydrogen-bond donors (Lipinski definition) is 4. The largest absolute Gasteiger partial charge is 0.503 e. The zero-order valence-corrected chi connectivity index (χ0v) is 21.2. The molecule has 1 heterocycles. The van der Waals surface area contributed by atoms with Gasteiger partial charge in [-0.3, -0.25) is 14.6 Å². The first-order valence-corrected chi connectivity index (χ1v) is 12.6. The van der Waals surface area contributed by atoms with Crippen LogP contribution in [-0.4, -0.2) is 38.4 Å². The highest BCUT2D eigenvalue weighted by molar-refractivity contribution is 6.40. The van der Waals surface area contributed by atoms with Gasteiger partial charge in [-0.15, -0.1) is 0 Å². The molecule has 1 spiro atoms. The zero-order valence-electron chi connectivity index (χ0n) is 19.7. The lowest BCUT2D eigenvalue weighted by atomic mass is 9.61. The van der Waals surface area contributed by atoms with Gasteiger partial charge in [0.2, 0.25) is 5.78 Å². The highest BCUT2D eigenvalue weighted by Crippen LogP contribution is 2.51. The van der Waals surface area contributed by atoms with Crippen LogP contribution in [0.15, 0.2) is 48.1 Å². The van der Waals surface area contributed by atoms with E-state index < -0.39 is 22.8 Å². The summed E-state index contributed by atoms with van der Waals surface area (Å²) in [4.78, 5) is 41.5. The van der Waals surface area contributed by atoms with Gasteiger partial charge in [0.1, 0.15) is 5.54 Å². The van der Waals surface area contributed by atoms with E-state index in [2.05, 4.69) is 15.6 Å². The minimum absolute atomic E-state index is 0.107. The maximum absolute atomic E-state index is 12.6. The summed E-state index contributed by atoms with van der Waals surface area (Å²) in [6, 6.07) is 6.75. The predicted molar refractivity (Wildman–Crippen MR) is 136 cm³/mol. The third-order valence-corrected chi connectivity index (χ3v) is 7.82. The summed E-state index contributed by atoms with van der Waals surface area (Å²) in [6.45, 7) is 1.75. The van der Waals surface area contributed by atoms with Crippen molar-refractivity contribution in [3.63, 3.8) is 0 Å². The molecule has 1 atom stereocenters. The smallest absolute Gasteiger partial charge is 0.329 e. The summed E-state index contributed by atoms with van der Waals surface area (Å²) in [5, 5.41) is 26.6. The number of hydrogen-bond acceptors (Lipinski definition) is 6. The van der Waals surface area contributed by atoms with Crippen LogP contribution in [0.2, 0.25) is 10.0 Å². The van der Waals surface area contributed by atoms with Gasteiger partial charge in [-0.1, -0.05) is 61.5 Å². The van der Waals surface area contributed by atoms with Crippen LogP contribution in [0.5, 0.6) is 0 Å². The number of halogens is 2. The van der Waals surface area contributed by atoms with Crippen LogP contribution < -0.4 is 10.6 Å². The number of amides is 1. The maximum Gasteiger partial charge on any atom is 0.329 e. The Balaban J connectivity index is 1.53. The Hall–Kier alpha value is -3.10. The molecule has 8 nitrogen and oxygen atoms in total. The highest BCUT2D eigenvalue weighted by atomic mass is 35.5. The van der Waals surface area contributed by atoms with E-state index in [4.69, 9.17) is 23.2 Å². The Labute approximate surface area is 218 Å². The Morgan fingerprint density at radius 1 is 1.08 bits per heavy atom. The molecule has 2 aliphatic carbocycles. The average molecular weight is 532 g/mol. The normalized spacial score (nSPS) is 18.4. The molecule has 4 rings (SSSR count). The van der Waals surface area contributed by atoms with Gasteiger partial charge in [-0.25, -0.2) is 4.79 Å². The molecule has 2 aliphatic rings. The van der Waals surface area contributed by atoms with E-state index in [9.17, 15) is 24.6 Å².